The Bertz CT molecular complexity index is 1040. The van der Waals surface area contributed by atoms with Crippen LogP contribution in [0.3, 0.4) is 0 Å². The molecule has 0 unspecified atom stereocenters. The van der Waals surface area contributed by atoms with Crippen molar-refractivity contribution in [2.45, 2.75) is 11.5 Å². The summed E-state index contributed by atoms with van der Waals surface area (Å²) in [5.41, 5.74) is 1.35. The van der Waals surface area contributed by atoms with Crippen molar-refractivity contribution in [2.24, 2.45) is 0 Å². The van der Waals surface area contributed by atoms with Gasteiger partial charge in [-0.15, -0.1) is 11.8 Å². The van der Waals surface area contributed by atoms with Crippen LogP contribution < -0.4 is 15.4 Å². The van der Waals surface area contributed by atoms with E-state index in [9.17, 15) is 9.90 Å². The number of rotatable bonds is 7. The number of nitrogens with one attached hydrogen (secondary N) is 2. The molecule has 0 aliphatic rings. The molecule has 0 aliphatic carbocycles. The summed E-state index contributed by atoms with van der Waals surface area (Å²) in [6.07, 6.45) is 0. The van der Waals surface area contributed by atoms with Crippen molar-refractivity contribution in [2.75, 3.05) is 18.2 Å². The third kappa shape index (κ3) is 5.99. The van der Waals surface area contributed by atoms with Gasteiger partial charge in [0, 0.05) is 15.5 Å². The summed E-state index contributed by atoms with van der Waals surface area (Å²) < 4.78 is 10.9. The molecular formula is C21H19ClN2O4S2. The van der Waals surface area contributed by atoms with E-state index in [1.165, 1.54) is 11.8 Å². The smallest absolute Gasteiger partial charge is 0.236 e. The largest absolute Gasteiger partial charge is 0.495 e. The van der Waals surface area contributed by atoms with Crippen LogP contribution in [0.15, 0.2) is 63.9 Å². The van der Waals surface area contributed by atoms with Gasteiger partial charge in [-0.3, -0.25) is 4.79 Å². The van der Waals surface area contributed by atoms with Gasteiger partial charge in [0.25, 0.3) is 0 Å². The van der Waals surface area contributed by atoms with Crippen molar-refractivity contribution in [1.82, 2.24) is 5.32 Å². The molecule has 0 saturated heterocycles. The molecule has 0 atom stereocenters. The van der Waals surface area contributed by atoms with Crippen molar-refractivity contribution in [3.63, 3.8) is 0 Å². The van der Waals surface area contributed by atoms with Gasteiger partial charge in [-0.2, -0.15) is 0 Å². The topological polar surface area (TPSA) is 83.7 Å². The van der Waals surface area contributed by atoms with Gasteiger partial charge in [0.05, 0.1) is 18.6 Å². The minimum absolute atomic E-state index is 0.155. The van der Waals surface area contributed by atoms with Gasteiger partial charge in [0.1, 0.15) is 23.9 Å². The third-order valence-electron chi connectivity index (χ3n) is 3.99. The fourth-order valence-electron chi connectivity index (χ4n) is 2.57. The molecule has 0 fully saturated rings. The summed E-state index contributed by atoms with van der Waals surface area (Å²) in [6.45, 7) is -0.175. The van der Waals surface area contributed by atoms with Crippen LogP contribution in [0.25, 0.3) is 11.3 Å². The van der Waals surface area contributed by atoms with Crippen molar-refractivity contribution in [1.29, 1.82) is 0 Å². The van der Waals surface area contributed by atoms with Crippen LogP contribution in [0.2, 0.25) is 5.02 Å². The molecule has 3 aromatic rings. The first-order chi connectivity index (χ1) is 14.5. The number of benzene rings is 2. The predicted molar refractivity (Wildman–Crippen MR) is 123 cm³/mol. The Kier molecular flexibility index (Phi) is 7.75. The van der Waals surface area contributed by atoms with E-state index in [1.807, 2.05) is 18.2 Å². The second-order valence-electron chi connectivity index (χ2n) is 6.08. The number of anilines is 1. The highest BCUT2D eigenvalue weighted by Gasteiger charge is 2.12. The lowest BCUT2D eigenvalue weighted by atomic mass is 10.1. The Labute approximate surface area is 188 Å². The Morgan fingerprint density at radius 3 is 2.63 bits per heavy atom. The van der Waals surface area contributed by atoms with Crippen LogP contribution in [0.4, 0.5) is 5.69 Å². The van der Waals surface area contributed by atoms with Gasteiger partial charge in [-0.1, -0.05) is 11.6 Å². The fraction of sp³-hybridized carbons (Fsp3) is 0.143. The van der Waals surface area contributed by atoms with E-state index < -0.39 is 0 Å². The lowest BCUT2D eigenvalue weighted by molar-refractivity contribution is -0.117. The maximum Gasteiger partial charge on any atom is 0.236 e. The number of halogens is 1. The minimum atomic E-state index is -0.235. The first kappa shape index (κ1) is 22.2. The molecule has 3 N–H and O–H groups in total. The Hall–Kier alpha value is -2.52. The van der Waals surface area contributed by atoms with E-state index >= 15 is 0 Å². The summed E-state index contributed by atoms with van der Waals surface area (Å²) in [4.78, 5) is 13.1. The number of hydrogen-bond acceptors (Lipinski definition) is 6. The quantitative estimate of drug-likeness (QED) is 0.346. The number of carbonyl (C=O) groups is 1. The summed E-state index contributed by atoms with van der Waals surface area (Å²) in [7, 11) is 1.54. The van der Waals surface area contributed by atoms with E-state index in [0.717, 1.165) is 10.5 Å². The molecule has 3 rings (SSSR count). The van der Waals surface area contributed by atoms with Gasteiger partial charge >= 0.3 is 0 Å². The molecular weight excluding hydrogens is 444 g/mol. The lowest BCUT2D eigenvalue weighted by Gasteiger charge is -2.14. The van der Waals surface area contributed by atoms with E-state index in [4.69, 9.17) is 33.0 Å². The van der Waals surface area contributed by atoms with E-state index in [1.54, 1.807) is 43.5 Å². The van der Waals surface area contributed by atoms with Crippen LogP contribution in [-0.2, 0) is 11.4 Å². The van der Waals surface area contributed by atoms with Gasteiger partial charge < -0.3 is 24.9 Å². The van der Waals surface area contributed by atoms with Crippen LogP contribution >= 0.6 is 35.6 Å². The number of thiocarbonyl (C=S) groups is 1. The van der Waals surface area contributed by atoms with Gasteiger partial charge in [-0.25, -0.2) is 0 Å². The average Bonchev–Trinajstić information content (AvgIpc) is 3.22. The number of methoxy groups -OCH3 is 1. The lowest BCUT2D eigenvalue weighted by Crippen LogP contribution is -2.35. The molecule has 6 nitrogen and oxygen atoms in total. The highest BCUT2D eigenvalue weighted by Crippen LogP contribution is 2.31. The van der Waals surface area contributed by atoms with Crippen LogP contribution in [0.5, 0.6) is 5.75 Å². The number of hydrogen-bond donors (Lipinski definition) is 3. The van der Waals surface area contributed by atoms with Gasteiger partial charge in [-0.05, 0) is 66.8 Å². The first-order valence-electron chi connectivity index (χ1n) is 8.85. The molecule has 9 heteroatoms. The van der Waals surface area contributed by atoms with Crippen molar-refractivity contribution >= 4 is 52.3 Å². The monoisotopic (exact) mass is 462 g/mol. The van der Waals surface area contributed by atoms with Crippen LogP contribution in [-0.4, -0.2) is 29.0 Å². The SMILES string of the molecule is COc1ccc(-c2ccc(CO)o2)cc1NC(=S)NC(=O)CSc1ccc(Cl)cc1. The number of furan rings is 1. The highest BCUT2D eigenvalue weighted by molar-refractivity contribution is 8.00. The highest BCUT2D eigenvalue weighted by atomic mass is 35.5. The van der Waals surface area contributed by atoms with Crippen molar-refractivity contribution < 1.29 is 19.1 Å². The van der Waals surface area contributed by atoms with Crippen LogP contribution in [0.1, 0.15) is 5.76 Å². The van der Waals surface area contributed by atoms with Gasteiger partial charge in [0.15, 0.2) is 5.11 Å². The van der Waals surface area contributed by atoms with E-state index in [2.05, 4.69) is 10.6 Å². The molecule has 1 heterocycles. The molecule has 0 aliphatic heterocycles. The molecule has 2 aromatic carbocycles. The van der Waals surface area contributed by atoms with Crippen molar-refractivity contribution in [3.05, 3.63) is 65.4 Å². The molecule has 0 saturated carbocycles. The second-order valence-corrected chi connectivity index (χ2v) is 7.98. The minimum Gasteiger partial charge on any atom is -0.495 e. The zero-order valence-corrected chi connectivity index (χ0v) is 18.4. The number of thioether (sulfide) groups is 1. The molecule has 0 radical (unpaired) electrons. The third-order valence-corrected chi connectivity index (χ3v) is 5.45. The molecule has 1 aromatic heterocycles. The standard InChI is InChI=1S/C21H19ClN2O4S2/c1-27-19-8-2-13(18-9-5-15(11-25)28-18)10-17(19)23-21(29)24-20(26)12-30-16-6-3-14(22)4-7-16/h2-10,25H,11-12H2,1H3,(H2,23,24,26,29). The second kappa shape index (κ2) is 10.5. The maximum absolute atomic E-state index is 12.2. The zero-order chi connectivity index (χ0) is 21.5. The molecule has 0 spiro atoms. The Morgan fingerprint density at radius 1 is 1.20 bits per heavy atom. The average molecular weight is 463 g/mol. The van der Waals surface area contributed by atoms with Gasteiger partial charge in [0.2, 0.25) is 5.91 Å². The van der Waals surface area contributed by atoms with Crippen molar-refractivity contribution in [3.8, 4) is 17.1 Å². The summed E-state index contributed by atoms with van der Waals surface area (Å²) in [5.74, 6) is 1.59. The molecule has 30 heavy (non-hydrogen) atoms. The Balaban J connectivity index is 1.62. The first-order valence-corrected chi connectivity index (χ1v) is 10.6. The molecule has 0 bridgehead atoms. The number of aliphatic hydroxyl groups is 1. The number of carbonyl (C=O) groups excluding carboxylic acids is 1. The fourth-order valence-corrected chi connectivity index (χ4v) is 3.62. The van der Waals surface area contributed by atoms with E-state index in [0.29, 0.717) is 28.0 Å². The maximum atomic E-state index is 12.2. The molecule has 1 amide bonds. The Morgan fingerprint density at radius 2 is 1.97 bits per heavy atom. The predicted octanol–water partition coefficient (Wildman–Crippen LogP) is 4.71. The summed E-state index contributed by atoms with van der Waals surface area (Å²) in [5, 5.41) is 15.6. The number of aliphatic hydroxyl groups excluding tert-OH is 1. The molecule has 156 valence electrons. The summed E-state index contributed by atoms with van der Waals surface area (Å²) in [6, 6.07) is 16.1. The number of amides is 1. The van der Waals surface area contributed by atoms with Crippen LogP contribution in [0, 0.1) is 0 Å². The number of ether oxygens (including phenoxy) is 1. The van der Waals surface area contributed by atoms with E-state index in [-0.39, 0.29) is 23.4 Å². The normalized spacial score (nSPS) is 10.5. The zero-order valence-electron chi connectivity index (χ0n) is 16.0. The summed E-state index contributed by atoms with van der Waals surface area (Å²) >= 11 is 12.5.